The van der Waals surface area contributed by atoms with Gasteiger partial charge in [0.2, 0.25) is 0 Å². The maximum atomic E-state index is 14.0. The molecular weight excluding hydrogens is 471 g/mol. The molecule has 0 atom stereocenters. The molecule has 0 fully saturated rings. The second-order valence-electron chi connectivity index (χ2n) is 9.07. The Morgan fingerprint density at radius 2 is 1.57 bits per heavy atom. The van der Waals surface area contributed by atoms with E-state index in [1.165, 1.54) is 28.9 Å². The molecule has 186 valence electrons. The lowest BCUT2D eigenvalue weighted by molar-refractivity contribution is -0.577. The van der Waals surface area contributed by atoms with Gasteiger partial charge in [0.15, 0.2) is 12.4 Å². The third-order valence-electron chi connectivity index (χ3n) is 6.20. The summed E-state index contributed by atoms with van der Waals surface area (Å²) in [5, 5.41) is 18.4. The summed E-state index contributed by atoms with van der Waals surface area (Å²) in [6, 6.07) is 16.0. The molecule has 0 bridgehead atoms. The van der Waals surface area contributed by atoms with Crippen LogP contribution < -0.4 is 14.6 Å². The molecule has 8 heteroatoms. The number of pyridine rings is 1. The summed E-state index contributed by atoms with van der Waals surface area (Å²) < 4.78 is 16.5. The minimum Gasteiger partial charge on any atom is -0.858 e. The number of hydrogen-bond donors (Lipinski definition) is 0. The number of imide groups is 1. The van der Waals surface area contributed by atoms with Gasteiger partial charge in [0, 0.05) is 16.7 Å². The highest BCUT2D eigenvalue weighted by Gasteiger charge is 2.47. The van der Waals surface area contributed by atoms with E-state index in [0.717, 1.165) is 16.0 Å². The molecule has 2 amide bonds. The standard InChI is InChI=1S/C29H25FN4O3/c1-4-8-23-24(28(36)34(31-23)22-9-6-5-7-10-22)25-26(32-16-18(2)15-19(3)17-32)29(37)33(27(25)35)21-13-11-20(30)12-14-21/h5-7,9-17H,4,8H2,1-3H3. The number of amides is 2. The fourth-order valence-electron chi connectivity index (χ4n) is 4.70. The lowest BCUT2D eigenvalue weighted by atomic mass is 10.0. The van der Waals surface area contributed by atoms with Crippen LogP contribution in [0, 0.1) is 19.7 Å². The van der Waals surface area contributed by atoms with Crippen molar-refractivity contribution in [1.29, 1.82) is 0 Å². The number of nitrogens with zero attached hydrogens (tertiary/aromatic N) is 4. The second kappa shape index (κ2) is 9.46. The highest BCUT2D eigenvalue weighted by Crippen LogP contribution is 2.39. The predicted octanol–water partition coefficient (Wildman–Crippen LogP) is 3.88. The first-order valence-electron chi connectivity index (χ1n) is 12.0. The number of anilines is 1. The molecule has 0 aliphatic carbocycles. The van der Waals surface area contributed by atoms with Gasteiger partial charge in [-0.3, -0.25) is 9.59 Å². The van der Waals surface area contributed by atoms with Gasteiger partial charge in [0.25, 0.3) is 11.6 Å². The van der Waals surface area contributed by atoms with Gasteiger partial charge in [-0.05, 0) is 68.6 Å². The van der Waals surface area contributed by atoms with Crippen molar-refractivity contribution in [2.75, 3.05) is 4.90 Å². The molecule has 4 aromatic rings. The number of halogens is 1. The van der Waals surface area contributed by atoms with Crippen molar-refractivity contribution in [3.05, 3.63) is 101 Å². The Morgan fingerprint density at radius 3 is 2.19 bits per heavy atom. The van der Waals surface area contributed by atoms with Crippen molar-refractivity contribution in [1.82, 2.24) is 9.78 Å². The summed E-state index contributed by atoms with van der Waals surface area (Å²) in [5.74, 6) is -2.22. The van der Waals surface area contributed by atoms with E-state index in [0.29, 0.717) is 24.2 Å². The molecule has 1 aliphatic heterocycles. The first-order valence-corrected chi connectivity index (χ1v) is 12.0. The van der Waals surface area contributed by atoms with E-state index in [2.05, 4.69) is 5.10 Å². The van der Waals surface area contributed by atoms with Crippen molar-refractivity contribution in [3.8, 4) is 11.6 Å². The third kappa shape index (κ3) is 4.20. The quantitative estimate of drug-likeness (QED) is 0.300. The Kier molecular flexibility index (Phi) is 6.17. The van der Waals surface area contributed by atoms with Gasteiger partial charge in [0.05, 0.1) is 17.1 Å². The van der Waals surface area contributed by atoms with Crippen molar-refractivity contribution in [2.45, 2.75) is 33.6 Å². The first kappa shape index (κ1) is 24.1. The lowest BCUT2D eigenvalue weighted by Gasteiger charge is -2.15. The predicted molar refractivity (Wildman–Crippen MR) is 135 cm³/mol. The maximum absolute atomic E-state index is 14.0. The van der Waals surface area contributed by atoms with Gasteiger partial charge in [-0.25, -0.2) is 14.0 Å². The van der Waals surface area contributed by atoms with E-state index in [4.69, 9.17) is 0 Å². The molecule has 0 spiro atoms. The van der Waals surface area contributed by atoms with Gasteiger partial charge < -0.3 is 5.11 Å². The van der Waals surface area contributed by atoms with Gasteiger partial charge in [-0.1, -0.05) is 31.5 Å². The zero-order valence-corrected chi connectivity index (χ0v) is 20.7. The molecule has 1 aliphatic rings. The van der Waals surface area contributed by atoms with Crippen LogP contribution in [0.2, 0.25) is 0 Å². The second-order valence-corrected chi connectivity index (χ2v) is 9.07. The molecule has 0 saturated heterocycles. The van der Waals surface area contributed by atoms with Gasteiger partial charge in [-0.2, -0.15) is 9.67 Å². The molecule has 0 saturated carbocycles. The fraction of sp³-hybridized carbons (Fsp3) is 0.172. The van der Waals surface area contributed by atoms with Gasteiger partial charge >= 0.3 is 5.91 Å². The van der Waals surface area contributed by atoms with Crippen LogP contribution in [0.25, 0.3) is 17.0 Å². The Hall–Kier alpha value is -4.59. The largest absolute Gasteiger partial charge is 0.858 e. The zero-order valence-electron chi connectivity index (χ0n) is 20.7. The number of rotatable bonds is 6. The molecular formula is C29H25FN4O3. The van der Waals surface area contributed by atoms with Crippen LogP contribution in [-0.2, 0) is 16.0 Å². The number of carbonyl (C=O) groups excluding carboxylic acids is 2. The van der Waals surface area contributed by atoms with Crippen LogP contribution in [0.1, 0.15) is 35.7 Å². The summed E-state index contributed by atoms with van der Waals surface area (Å²) in [5.41, 5.74) is 3.12. The molecule has 0 radical (unpaired) electrons. The summed E-state index contributed by atoms with van der Waals surface area (Å²) in [4.78, 5) is 28.8. The topological polar surface area (TPSA) is 82.1 Å². The molecule has 2 aromatic heterocycles. The smallest absolute Gasteiger partial charge is 0.331 e. The summed E-state index contributed by atoms with van der Waals surface area (Å²) in [6.45, 7) is 5.73. The van der Waals surface area contributed by atoms with Crippen molar-refractivity contribution < 1.29 is 23.7 Å². The van der Waals surface area contributed by atoms with Crippen molar-refractivity contribution in [2.24, 2.45) is 0 Å². The van der Waals surface area contributed by atoms with Crippen LogP contribution in [-0.4, -0.2) is 21.6 Å². The Balaban J connectivity index is 1.80. The number of para-hydroxylation sites is 1. The molecule has 2 aromatic carbocycles. The van der Waals surface area contributed by atoms with Gasteiger partial charge in [-0.15, -0.1) is 0 Å². The SMILES string of the molecule is CCCc1nn(-c2ccccc2)c([O-])c1C1=C([n+]2cc(C)cc(C)c2)C(=O)N(c2ccc(F)cc2)C1=O. The number of aryl methyl sites for hydroxylation is 3. The fourth-order valence-corrected chi connectivity index (χ4v) is 4.70. The number of benzene rings is 2. The molecule has 37 heavy (non-hydrogen) atoms. The average Bonchev–Trinajstić information content (AvgIpc) is 3.32. The van der Waals surface area contributed by atoms with Crippen molar-refractivity contribution in [3.63, 3.8) is 0 Å². The van der Waals surface area contributed by atoms with E-state index >= 15 is 0 Å². The third-order valence-corrected chi connectivity index (χ3v) is 6.20. The first-order chi connectivity index (χ1) is 17.8. The van der Waals surface area contributed by atoms with Crippen LogP contribution in [0.5, 0.6) is 5.88 Å². The summed E-state index contributed by atoms with van der Waals surface area (Å²) in [7, 11) is 0. The van der Waals surface area contributed by atoms with Crippen LogP contribution in [0.15, 0.2) is 73.1 Å². The molecule has 7 nitrogen and oxygen atoms in total. The lowest BCUT2D eigenvalue weighted by Crippen LogP contribution is -2.40. The molecule has 5 rings (SSSR count). The average molecular weight is 497 g/mol. The van der Waals surface area contributed by atoms with Crippen molar-refractivity contribution >= 4 is 28.8 Å². The Morgan fingerprint density at radius 1 is 0.919 bits per heavy atom. The Bertz CT molecular complexity index is 1540. The van der Waals surface area contributed by atoms with E-state index < -0.39 is 23.5 Å². The summed E-state index contributed by atoms with van der Waals surface area (Å²) in [6.07, 6.45) is 4.61. The highest BCUT2D eigenvalue weighted by molar-refractivity contribution is 6.53. The van der Waals surface area contributed by atoms with Crippen LogP contribution >= 0.6 is 0 Å². The van der Waals surface area contributed by atoms with E-state index in [1.807, 2.05) is 32.9 Å². The minimum atomic E-state index is -0.652. The monoisotopic (exact) mass is 496 g/mol. The highest BCUT2D eigenvalue weighted by atomic mass is 19.1. The van der Waals surface area contributed by atoms with Crippen LogP contribution in [0.3, 0.4) is 0 Å². The number of aromatic nitrogens is 3. The Labute approximate surface area is 213 Å². The minimum absolute atomic E-state index is 0.0139. The summed E-state index contributed by atoms with van der Waals surface area (Å²) >= 11 is 0. The molecule has 0 unspecified atom stereocenters. The van der Waals surface area contributed by atoms with Crippen LogP contribution in [0.4, 0.5) is 10.1 Å². The zero-order chi connectivity index (χ0) is 26.3. The maximum Gasteiger partial charge on any atom is 0.331 e. The number of hydrogen-bond acceptors (Lipinski definition) is 4. The normalized spacial score (nSPS) is 13.7. The molecule has 3 heterocycles. The number of carbonyl (C=O) groups is 2. The van der Waals surface area contributed by atoms with E-state index in [1.54, 1.807) is 41.2 Å². The van der Waals surface area contributed by atoms with Gasteiger partial charge in [0.1, 0.15) is 11.4 Å². The van der Waals surface area contributed by atoms with E-state index in [9.17, 15) is 19.1 Å². The van der Waals surface area contributed by atoms with E-state index in [-0.39, 0.29) is 22.5 Å². The molecule has 0 N–H and O–H groups in total.